The van der Waals surface area contributed by atoms with Crippen LogP contribution in [0.15, 0.2) is 24.3 Å². The third kappa shape index (κ3) is 4.56. The zero-order valence-corrected chi connectivity index (χ0v) is 14.7. The number of nitrogens with zero attached hydrogens (tertiary/aromatic N) is 1. The SMILES string of the molecule is CC(C)(C(=O)NS(=O)(=O)C[C@@H]1CCCCO1)c1cccc(C#N)c1. The molecule has 1 aliphatic heterocycles. The number of hydrogen-bond acceptors (Lipinski definition) is 5. The van der Waals surface area contributed by atoms with Crippen LogP contribution in [0.4, 0.5) is 0 Å². The molecule has 0 aromatic heterocycles. The Morgan fingerprint density at radius 3 is 2.79 bits per heavy atom. The summed E-state index contributed by atoms with van der Waals surface area (Å²) in [5.74, 6) is -0.832. The standard InChI is InChI=1S/C17H22N2O4S/c1-17(2,14-7-5-6-13(10-14)11-18)16(20)19-24(21,22)12-15-8-3-4-9-23-15/h5-7,10,15H,3-4,8-9,12H2,1-2H3,(H,19,20)/t15-/m0/s1. The van der Waals surface area contributed by atoms with E-state index in [1.54, 1.807) is 38.1 Å². The first-order chi connectivity index (χ1) is 11.2. The van der Waals surface area contributed by atoms with Crippen LogP contribution in [0, 0.1) is 11.3 Å². The van der Waals surface area contributed by atoms with Crippen LogP contribution in [-0.2, 0) is 25.0 Å². The average molecular weight is 350 g/mol. The summed E-state index contributed by atoms with van der Waals surface area (Å²) < 4.78 is 32.1. The number of nitriles is 1. The van der Waals surface area contributed by atoms with Crippen LogP contribution in [0.2, 0.25) is 0 Å². The number of hydrogen-bond donors (Lipinski definition) is 1. The Kier molecular flexibility index (Phi) is 5.62. The van der Waals surface area contributed by atoms with Crippen LogP contribution in [0.1, 0.15) is 44.2 Å². The molecule has 1 fully saturated rings. The number of nitrogens with one attached hydrogen (secondary N) is 1. The molecule has 6 nitrogen and oxygen atoms in total. The van der Waals surface area contributed by atoms with Gasteiger partial charge in [-0.05, 0) is 50.8 Å². The Morgan fingerprint density at radius 2 is 2.17 bits per heavy atom. The Hall–Kier alpha value is -1.91. The van der Waals surface area contributed by atoms with Crippen molar-refractivity contribution in [3.8, 4) is 6.07 Å². The fraction of sp³-hybridized carbons (Fsp3) is 0.529. The first-order valence-electron chi connectivity index (χ1n) is 7.92. The van der Waals surface area contributed by atoms with Crippen LogP contribution in [0.25, 0.3) is 0 Å². The van der Waals surface area contributed by atoms with E-state index in [4.69, 9.17) is 10.00 Å². The van der Waals surface area contributed by atoms with Crippen LogP contribution >= 0.6 is 0 Å². The van der Waals surface area contributed by atoms with Gasteiger partial charge in [-0.25, -0.2) is 8.42 Å². The number of amides is 1. The number of carbonyl (C=O) groups excluding carboxylic acids is 1. The van der Waals surface area contributed by atoms with E-state index in [-0.39, 0.29) is 11.9 Å². The zero-order valence-electron chi connectivity index (χ0n) is 13.9. The largest absolute Gasteiger partial charge is 0.377 e. The first kappa shape index (κ1) is 18.4. The maximum atomic E-state index is 12.5. The summed E-state index contributed by atoms with van der Waals surface area (Å²) in [5.41, 5.74) is -0.0668. The van der Waals surface area contributed by atoms with Crippen molar-refractivity contribution in [1.82, 2.24) is 4.72 Å². The van der Waals surface area contributed by atoms with Crippen molar-refractivity contribution < 1.29 is 17.9 Å². The molecule has 7 heteroatoms. The van der Waals surface area contributed by atoms with Gasteiger partial charge in [0.15, 0.2) is 0 Å². The van der Waals surface area contributed by atoms with E-state index in [0.29, 0.717) is 24.2 Å². The highest BCUT2D eigenvalue weighted by molar-refractivity contribution is 7.90. The van der Waals surface area contributed by atoms with Gasteiger partial charge in [0.05, 0.1) is 28.9 Å². The summed E-state index contributed by atoms with van der Waals surface area (Å²) in [5, 5.41) is 8.97. The van der Waals surface area contributed by atoms with Crippen molar-refractivity contribution in [3.63, 3.8) is 0 Å². The Morgan fingerprint density at radius 1 is 1.42 bits per heavy atom. The zero-order chi connectivity index (χ0) is 17.8. The summed E-state index contributed by atoms with van der Waals surface area (Å²) in [6, 6.07) is 8.62. The summed E-state index contributed by atoms with van der Waals surface area (Å²) in [7, 11) is -3.78. The van der Waals surface area contributed by atoms with Gasteiger partial charge >= 0.3 is 0 Å². The predicted octanol–water partition coefficient (Wildman–Crippen LogP) is 1.85. The van der Waals surface area contributed by atoms with Gasteiger partial charge in [-0.15, -0.1) is 0 Å². The topological polar surface area (TPSA) is 96.3 Å². The van der Waals surface area contributed by atoms with Crippen LogP contribution < -0.4 is 4.72 Å². The monoisotopic (exact) mass is 350 g/mol. The maximum absolute atomic E-state index is 12.5. The molecule has 0 radical (unpaired) electrons. The lowest BCUT2D eigenvalue weighted by atomic mass is 9.83. The van der Waals surface area contributed by atoms with Crippen molar-refractivity contribution in [2.75, 3.05) is 12.4 Å². The highest BCUT2D eigenvalue weighted by Gasteiger charge is 2.34. The molecule has 0 saturated carbocycles. The molecule has 1 saturated heterocycles. The van der Waals surface area contributed by atoms with E-state index < -0.39 is 21.3 Å². The normalized spacial score (nSPS) is 18.6. The van der Waals surface area contributed by atoms with Gasteiger partial charge in [0, 0.05) is 6.61 Å². The van der Waals surface area contributed by atoms with E-state index >= 15 is 0 Å². The average Bonchev–Trinajstić information content (AvgIpc) is 2.54. The van der Waals surface area contributed by atoms with Crippen molar-refractivity contribution in [1.29, 1.82) is 5.26 Å². The minimum atomic E-state index is -3.78. The third-order valence-electron chi connectivity index (χ3n) is 4.21. The second kappa shape index (κ2) is 7.32. The minimum Gasteiger partial charge on any atom is -0.377 e. The summed E-state index contributed by atoms with van der Waals surface area (Å²) in [6.45, 7) is 3.82. The number of rotatable bonds is 5. The highest BCUT2D eigenvalue weighted by atomic mass is 32.2. The Bertz CT molecular complexity index is 744. The maximum Gasteiger partial charge on any atom is 0.243 e. The van der Waals surface area contributed by atoms with E-state index in [2.05, 4.69) is 4.72 Å². The van der Waals surface area contributed by atoms with Gasteiger partial charge in [-0.1, -0.05) is 12.1 Å². The van der Waals surface area contributed by atoms with Crippen LogP contribution in [0.3, 0.4) is 0 Å². The first-order valence-corrected chi connectivity index (χ1v) is 9.57. The molecule has 0 bridgehead atoms. The summed E-state index contributed by atoms with van der Waals surface area (Å²) in [4.78, 5) is 12.5. The molecular weight excluding hydrogens is 328 g/mol. The van der Waals surface area contributed by atoms with Gasteiger partial charge in [0.1, 0.15) is 0 Å². The number of ether oxygens (including phenoxy) is 1. The summed E-state index contributed by atoms with van der Waals surface area (Å²) >= 11 is 0. The lowest BCUT2D eigenvalue weighted by Crippen LogP contribution is -2.45. The fourth-order valence-corrected chi connectivity index (χ4v) is 3.98. The molecule has 1 amide bonds. The fourth-order valence-electron chi connectivity index (χ4n) is 2.60. The molecule has 1 aliphatic rings. The molecule has 0 spiro atoms. The molecule has 1 heterocycles. The number of benzene rings is 1. The smallest absolute Gasteiger partial charge is 0.243 e. The molecule has 24 heavy (non-hydrogen) atoms. The second-order valence-corrected chi connectivity index (χ2v) is 8.29. The van der Waals surface area contributed by atoms with Crippen molar-refractivity contribution in [2.45, 2.75) is 44.6 Å². The highest BCUT2D eigenvalue weighted by Crippen LogP contribution is 2.25. The van der Waals surface area contributed by atoms with E-state index in [9.17, 15) is 13.2 Å². The third-order valence-corrected chi connectivity index (χ3v) is 5.52. The molecular formula is C17H22N2O4S. The van der Waals surface area contributed by atoms with Gasteiger partial charge in [0.2, 0.25) is 15.9 Å². The molecule has 0 aliphatic carbocycles. The van der Waals surface area contributed by atoms with Crippen molar-refractivity contribution >= 4 is 15.9 Å². The summed E-state index contributed by atoms with van der Waals surface area (Å²) in [6.07, 6.45) is 2.18. The van der Waals surface area contributed by atoms with E-state index in [1.807, 2.05) is 6.07 Å². The van der Waals surface area contributed by atoms with E-state index in [0.717, 1.165) is 12.8 Å². The predicted molar refractivity (Wildman–Crippen MR) is 89.7 cm³/mol. The number of carbonyl (C=O) groups is 1. The molecule has 1 atom stereocenters. The van der Waals surface area contributed by atoms with Crippen molar-refractivity contribution in [2.24, 2.45) is 0 Å². The van der Waals surface area contributed by atoms with Crippen LogP contribution in [-0.4, -0.2) is 32.8 Å². The lowest BCUT2D eigenvalue weighted by Gasteiger charge is -2.26. The van der Waals surface area contributed by atoms with Crippen molar-refractivity contribution in [3.05, 3.63) is 35.4 Å². The Labute approximate surface area is 142 Å². The second-order valence-electron chi connectivity index (χ2n) is 6.52. The molecule has 2 rings (SSSR count). The lowest BCUT2D eigenvalue weighted by molar-refractivity contribution is -0.123. The van der Waals surface area contributed by atoms with Gasteiger partial charge in [0.25, 0.3) is 0 Å². The molecule has 0 unspecified atom stereocenters. The van der Waals surface area contributed by atoms with Gasteiger partial charge in [-0.2, -0.15) is 5.26 Å². The van der Waals surface area contributed by atoms with Gasteiger partial charge in [-0.3, -0.25) is 9.52 Å². The molecule has 1 N–H and O–H groups in total. The molecule has 1 aromatic rings. The molecule has 1 aromatic carbocycles. The Balaban J connectivity index is 2.10. The van der Waals surface area contributed by atoms with E-state index in [1.165, 1.54) is 0 Å². The van der Waals surface area contributed by atoms with Gasteiger partial charge < -0.3 is 4.74 Å². The number of sulfonamides is 1. The van der Waals surface area contributed by atoms with Crippen LogP contribution in [0.5, 0.6) is 0 Å². The molecule has 130 valence electrons. The quantitative estimate of drug-likeness (QED) is 0.874. The minimum absolute atomic E-state index is 0.215.